The molecule has 0 bridgehead atoms. The number of amides is 1. The molecule has 0 saturated heterocycles. The van der Waals surface area contributed by atoms with Crippen LogP contribution in [0.4, 0.5) is 0 Å². The van der Waals surface area contributed by atoms with Crippen molar-refractivity contribution in [3.8, 4) is 5.75 Å². The molecular formula is C19H31NO2. The third-order valence-electron chi connectivity index (χ3n) is 4.01. The highest BCUT2D eigenvalue weighted by Gasteiger charge is 2.25. The standard InChI is InChI=1S/C19H31NO2/c1-8-16(19(21)20-18(12(2)3)13(4)5)22-17-10-9-14(6)11-15(17)7/h9-13,16,18H,8H2,1-7H3,(H,20,21)/t16-/m1/s1. The minimum Gasteiger partial charge on any atom is -0.480 e. The second kappa shape index (κ2) is 8.21. The van der Waals surface area contributed by atoms with E-state index in [0.717, 1.165) is 11.3 Å². The Bertz CT molecular complexity index is 486. The molecule has 22 heavy (non-hydrogen) atoms. The van der Waals surface area contributed by atoms with E-state index in [1.54, 1.807) is 0 Å². The molecule has 0 aliphatic carbocycles. The first-order valence-corrected chi connectivity index (χ1v) is 8.30. The minimum absolute atomic E-state index is 0.0186. The van der Waals surface area contributed by atoms with Crippen LogP contribution in [-0.4, -0.2) is 18.1 Å². The molecule has 3 heteroatoms. The summed E-state index contributed by atoms with van der Waals surface area (Å²) in [6, 6.07) is 6.20. The van der Waals surface area contributed by atoms with Gasteiger partial charge in [-0.3, -0.25) is 4.79 Å². The average molecular weight is 305 g/mol. The smallest absolute Gasteiger partial charge is 0.261 e. The Kier molecular flexibility index (Phi) is 6.92. The summed E-state index contributed by atoms with van der Waals surface area (Å²) in [6.45, 7) is 14.6. The summed E-state index contributed by atoms with van der Waals surface area (Å²) in [6.07, 6.45) is 0.212. The summed E-state index contributed by atoms with van der Waals surface area (Å²) in [7, 11) is 0. The van der Waals surface area contributed by atoms with E-state index in [1.165, 1.54) is 5.56 Å². The van der Waals surface area contributed by atoms with Crippen molar-refractivity contribution in [2.24, 2.45) is 11.8 Å². The third-order valence-corrected chi connectivity index (χ3v) is 4.01. The van der Waals surface area contributed by atoms with Gasteiger partial charge in [0.1, 0.15) is 5.75 Å². The number of carbonyl (C=O) groups excluding carboxylic acids is 1. The number of carbonyl (C=O) groups is 1. The van der Waals surface area contributed by atoms with Crippen LogP contribution in [0.2, 0.25) is 0 Å². The van der Waals surface area contributed by atoms with Crippen molar-refractivity contribution in [1.29, 1.82) is 0 Å². The van der Waals surface area contributed by atoms with Crippen LogP contribution in [0.15, 0.2) is 18.2 Å². The van der Waals surface area contributed by atoms with Crippen LogP contribution >= 0.6 is 0 Å². The van der Waals surface area contributed by atoms with E-state index in [1.807, 2.05) is 26.0 Å². The van der Waals surface area contributed by atoms with E-state index in [2.05, 4.69) is 46.0 Å². The van der Waals surface area contributed by atoms with Crippen molar-refractivity contribution in [2.75, 3.05) is 0 Å². The molecule has 0 fully saturated rings. The first kappa shape index (κ1) is 18.5. The molecule has 0 aliphatic rings. The molecule has 1 atom stereocenters. The zero-order valence-corrected chi connectivity index (χ0v) is 15.1. The van der Waals surface area contributed by atoms with Crippen molar-refractivity contribution in [3.05, 3.63) is 29.3 Å². The number of rotatable bonds is 7. The fourth-order valence-corrected chi connectivity index (χ4v) is 2.77. The maximum Gasteiger partial charge on any atom is 0.261 e. The van der Waals surface area contributed by atoms with E-state index in [0.29, 0.717) is 18.3 Å². The summed E-state index contributed by atoms with van der Waals surface area (Å²) in [4.78, 5) is 12.5. The Balaban J connectivity index is 2.80. The van der Waals surface area contributed by atoms with Gasteiger partial charge in [0.2, 0.25) is 0 Å². The highest BCUT2D eigenvalue weighted by atomic mass is 16.5. The molecule has 124 valence electrons. The summed E-state index contributed by atoms with van der Waals surface area (Å²) in [5.74, 6) is 1.58. The van der Waals surface area contributed by atoms with Crippen LogP contribution in [-0.2, 0) is 4.79 Å². The molecule has 0 radical (unpaired) electrons. The molecule has 0 heterocycles. The van der Waals surface area contributed by atoms with E-state index in [4.69, 9.17) is 4.74 Å². The lowest BCUT2D eigenvalue weighted by molar-refractivity contribution is -0.129. The van der Waals surface area contributed by atoms with Crippen molar-refractivity contribution in [1.82, 2.24) is 5.32 Å². The molecular weight excluding hydrogens is 274 g/mol. The van der Waals surface area contributed by atoms with Crippen LogP contribution < -0.4 is 10.1 Å². The molecule has 1 aromatic carbocycles. The molecule has 3 nitrogen and oxygen atoms in total. The van der Waals surface area contributed by atoms with Crippen molar-refractivity contribution in [3.63, 3.8) is 0 Å². The first-order valence-electron chi connectivity index (χ1n) is 8.30. The molecule has 0 unspecified atom stereocenters. The van der Waals surface area contributed by atoms with Gasteiger partial charge < -0.3 is 10.1 Å². The molecule has 1 N–H and O–H groups in total. The zero-order chi connectivity index (χ0) is 16.9. The summed E-state index contributed by atoms with van der Waals surface area (Å²) in [5, 5.41) is 3.15. The van der Waals surface area contributed by atoms with Gasteiger partial charge in [0.05, 0.1) is 0 Å². The quantitative estimate of drug-likeness (QED) is 0.817. The van der Waals surface area contributed by atoms with E-state index >= 15 is 0 Å². The fraction of sp³-hybridized carbons (Fsp3) is 0.632. The Morgan fingerprint density at radius 3 is 2.18 bits per heavy atom. The van der Waals surface area contributed by atoms with Gasteiger partial charge in [0.25, 0.3) is 5.91 Å². The van der Waals surface area contributed by atoms with Crippen LogP contribution in [0.25, 0.3) is 0 Å². The molecule has 0 aliphatic heterocycles. The molecule has 1 rings (SSSR count). The molecule has 1 amide bonds. The van der Waals surface area contributed by atoms with Crippen LogP contribution in [0, 0.1) is 25.7 Å². The molecule has 1 aromatic rings. The van der Waals surface area contributed by atoms with Gasteiger partial charge in [0, 0.05) is 6.04 Å². The summed E-state index contributed by atoms with van der Waals surface area (Å²) in [5.41, 5.74) is 2.26. The lowest BCUT2D eigenvalue weighted by Gasteiger charge is -2.28. The van der Waals surface area contributed by atoms with Gasteiger partial charge in [-0.25, -0.2) is 0 Å². The number of nitrogens with one attached hydrogen (secondary N) is 1. The predicted octanol–water partition coefficient (Wildman–Crippen LogP) is 4.26. The van der Waals surface area contributed by atoms with Gasteiger partial charge in [0.15, 0.2) is 6.10 Å². The molecule has 0 saturated carbocycles. The Labute approximate surface area is 135 Å². The van der Waals surface area contributed by atoms with Gasteiger partial charge in [-0.15, -0.1) is 0 Å². The van der Waals surface area contributed by atoms with Crippen molar-refractivity contribution >= 4 is 5.91 Å². The topological polar surface area (TPSA) is 38.3 Å². The van der Waals surface area contributed by atoms with Crippen LogP contribution in [0.3, 0.4) is 0 Å². The highest BCUT2D eigenvalue weighted by Crippen LogP contribution is 2.21. The minimum atomic E-state index is -0.443. The summed E-state index contributed by atoms with van der Waals surface area (Å²) < 4.78 is 5.96. The second-order valence-electron chi connectivity index (χ2n) is 6.81. The molecule has 0 aromatic heterocycles. The van der Waals surface area contributed by atoms with Gasteiger partial charge in [-0.1, -0.05) is 52.3 Å². The predicted molar refractivity (Wildman–Crippen MR) is 92.2 cm³/mol. The Hall–Kier alpha value is -1.51. The average Bonchev–Trinajstić information content (AvgIpc) is 2.43. The van der Waals surface area contributed by atoms with E-state index < -0.39 is 6.10 Å². The second-order valence-corrected chi connectivity index (χ2v) is 6.81. The fourth-order valence-electron chi connectivity index (χ4n) is 2.77. The van der Waals surface area contributed by atoms with E-state index in [-0.39, 0.29) is 11.9 Å². The summed E-state index contributed by atoms with van der Waals surface area (Å²) >= 11 is 0. The lowest BCUT2D eigenvalue weighted by Crippen LogP contribution is -2.48. The highest BCUT2D eigenvalue weighted by molar-refractivity contribution is 5.81. The maximum absolute atomic E-state index is 12.5. The largest absolute Gasteiger partial charge is 0.480 e. The lowest BCUT2D eigenvalue weighted by atomic mass is 9.93. The van der Waals surface area contributed by atoms with Gasteiger partial charge >= 0.3 is 0 Å². The van der Waals surface area contributed by atoms with Crippen molar-refractivity contribution < 1.29 is 9.53 Å². The number of hydrogen-bond donors (Lipinski definition) is 1. The maximum atomic E-state index is 12.5. The number of benzene rings is 1. The Morgan fingerprint density at radius 1 is 1.14 bits per heavy atom. The Morgan fingerprint density at radius 2 is 1.73 bits per heavy atom. The third kappa shape index (κ3) is 5.04. The van der Waals surface area contributed by atoms with Crippen LogP contribution in [0.5, 0.6) is 5.75 Å². The zero-order valence-electron chi connectivity index (χ0n) is 15.1. The number of ether oxygens (including phenoxy) is 1. The first-order chi connectivity index (χ1) is 10.3. The monoisotopic (exact) mass is 305 g/mol. The van der Waals surface area contributed by atoms with Gasteiger partial charge in [-0.2, -0.15) is 0 Å². The number of aryl methyl sites for hydroxylation is 2. The van der Waals surface area contributed by atoms with Crippen molar-refractivity contribution in [2.45, 2.75) is 67.0 Å². The van der Waals surface area contributed by atoms with Crippen LogP contribution in [0.1, 0.15) is 52.2 Å². The van der Waals surface area contributed by atoms with E-state index in [9.17, 15) is 4.79 Å². The SMILES string of the molecule is CC[C@@H](Oc1ccc(C)cc1C)C(=O)NC(C(C)C)C(C)C. The van der Waals surface area contributed by atoms with Gasteiger partial charge in [-0.05, 0) is 43.7 Å². The normalized spacial score (nSPS) is 12.8. The molecule has 0 spiro atoms. The number of hydrogen-bond acceptors (Lipinski definition) is 2.